The Hall–Kier alpha value is -2.96. The van der Waals surface area contributed by atoms with E-state index in [1.807, 2.05) is 0 Å². The lowest BCUT2D eigenvalue weighted by Gasteiger charge is -2.09. The average Bonchev–Trinajstić information content (AvgIpc) is 3.09. The largest absolute Gasteiger partial charge is 0.334 e. The summed E-state index contributed by atoms with van der Waals surface area (Å²) in [6.07, 6.45) is 2.24. The Morgan fingerprint density at radius 1 is 1.39 bits per heavy atom. The van der Waals surface area contributed by atoms with Crippen molar-refractivity contribution in [1.82, 2.24) is 20.3 Å². The van der Waals surface area contributed by atoms with E-state index in [9.17, 15) is 22.7 Å². The van der Waals surface area contributed by atoms with Crippen LogP contribution in [0.3, 0.4) is 0 Å². The number of carbonyl (C=O) groups is 1. The molecule has 3 aromatic rings. The first-order chi connectivity index (χ1) is 13.4. The van der Waals surface area contributed by atoms with Crippen LogP contribution >= 0.6 is 11.3 Å². The lowest BCUT2D eigenvalue weighted by atomic mass is 10.2. The van der Waals surface area contributed by atoms with Gasteiger partial charge in [0, 0.05) is 18.1 Å². The smallest absolute Gasteiger partial charge is 0.321 e. The molecule has 3 rings (SSSR count). The first-order valence-corrected chi connectivity index (χ1v) is 9.86. The molecule has 0 saturated heterocycles. The van der Waals surface area contributed by atoms with Gasteiger partial charge in [-0.3, -0.25) is 15.1 Å². The van der Waals surface area contributed by atoms with Crippen molar-refractivity contribution in [3.63, 3.8) is 0 Å². The highest BCUT2D eigenvalue weighted by Gasteiger charge is 2.25. The molecule has 9 nitrogen and oxygen atoms in total. The quantitative estimate of drug-likeness (QED) is 0.448. The van der Waals surface area contributed by atoms with E-state index in [0.29, 0.717) is 5.56 Å². The average molecular weight is 423 g/mol. The predicted molar refractivity (Wildman–Crippen MR) is 102 cm³/mol. The van der Waals surface area contributed by atoms with Crippen molar-refractivity contribution >= 4 is 33.6 Å². The van der Waals surface area contributed by atoms with Gasteiger partial charge in [0.05, 0.1) is 17.6 Å². The van der Waals surface area contributed by atoms with E-state index >= 15 is 0 Å². The number of aromatic amines is 1. The number of amides is 2. The zero-order valence-electron chi connectivity index (χ0n) is 14.1. The van der Waals surface area contributed by atoms with Crippen LogP contribution in [0.5, 0.6) is 0 Å². The molecule has 12 heteroatoms. The van der Waals surface area contributed by atoms with E-state index in [0.717, 1.165) is 17.5 Å². The number of hydrogen-bond acceptors (Lipinski definition) is 6. The fourth-order valence-electron chi connectivity index (χ4n) is 2.29. The van der Waals surface area contributed by atoms with Crippen molar-refractivity contribution in [1.29, 1.82) is 0 Å². The molecule has 0 aliphatic carbocycles. The van der Waals surface area contributed by atoms with Crippen LogP contribution in [-0.2, 0) is 17.6 Å². The van der Waals surface area contributed by atoms with Crippen LogP contribution < -0.4 is 16.2 Å². The zero-order chi connectivity index (χ0) is 20.1. The monoisotopic (exact) mass is 423 g/mol. The molecule has 0 radical (unpaired) electrons. The van der Waals surface area contributed by atoms with Crippen LogP contribution in [0.4, 0.5) is 14.3 Å². The summed E-state index contributed by atoms with van der Waals surface area (Å²) >= 11 is -1.29. The summed E-state index contributed by atoms with van der Waals surface area (Å²) in [6, 6.07) is 5.26. The van der Waals surface area contributed by atoms with Crippen LogP contribution in [0.15, 0.2) is 46.8 Å². The third-order valence-corrected chi connectivity index (χ3v) is 5.18. The highest BCUT2D eigenvalue weighted by Crippen LogP contribution is 2.28. The molecule has 0 bridgehead atoms. The van der Waals surface area contributed by atoms with Gasteiger partial charge < -0.3 is 14.9 Å². The molecule has 2 amide bonds. The second-order valence-corrected chi connectivity index (χ2v) is 7.39. The van der Waals surface area contributed by atoms with Crippen LogP contribution in [0.2, 0.25) is 0 Å². The fraction of sp³-hybridized carbons (Fsp3) is 0.125. The molecule has 146 valence electrons. The van der Waals surface area contributed by atoms with Gasteiger partial charge in [-0.05, 0) is 17.7 Å². The number of aromatic nitrogens is 3. The number of nitrogens with one attached hydrogen (secondary N) is 3. The Morgan fingerprint density at radius 3 is 2.89 bits per heavy atom. The first kappa shape index (κ1) is 19.8. The molecule has 0 fully saturated rings. The van der Waals surface area contributed by atoms with Gasteiger partial charge >= 0.3 is 6.03 Å². The van der Waals surface area contributed by atoms with Crippen LogP contribution in [0.25, 0.3) is 0 Å². The summed E-state index contributed by atoms with van der Waals surface area (Å²) in [5.74, 6) is -0.400. The summed E-state index contributed by atoms with van der Waals surface area (Å²) in [5.41, 5.74) is 0.523. The number of nitrogens with zero attached hydrogens (tertiary/aromatic N) is 2. The number of hydrogen-bond donors (Lipinski definition) is 4. The normalized spacial score (nSPS) is 12.9. The summed E-state index contributed by atoms with van der Waals surface area (Å²) in [6.45, 7) is 0.117. The maximum absolute atomic E-state index is 13.1. The van der Waals surface area contributed by atoms with E-state index in [-0.39, 0.29) is 23.1 Å². The second kappa shape index (κ2) is 8.82. The minimum Gasteiger partial charge on any atom is -0.334 e. The predicted octanol–water partition coefficient (Wildman–Crippen LogP) is 2.00. The molecule has 2 aromatic heterocycles. The number of H-pyrrole nitrogens is 1. The maximum atomic E-state index is 13.1. The molecule has 0 aliphatic heterocycles. The van der Waals surface area contributed by atoms with Crippen molar-refractivity contribution in [2.75, 3.05) is 5.32 Å². The topological polar surface area (TPSA) is 137 Å². The third kappa shape index (κ3) is 5.06. The molecule has 4 N–H and O–H groups in total. The number of halogens is 1. The fourth-order valence-corrected chi connectivity index (χ4v) is 3.77. The van der Waals surface area contributed by atoms with Gasteiger partial charge in [-0.1, -0.05) is 12.1 Å². The van der Waals surface area contributed by atoms with Gasteiger partial charge in [-0.15, -0.1) is 11.3 Å². The summed E-state index contributed by atoms with van der Waals surface area (Å²) in [5, 5.41) is 5.69. The first-order valence-electron chi connectivity index (χ1n) is 7.81. The Morgan fingerprint density at radius 2 is 2.21 bits per heavy atom. The molecule has 0 aliphatic rings. The van der Waals surface area contributed by atoms with Gasteiger partial charge in [-0.2, -0.15) is 0 Å². The SMILES string of the molecule is O=C(NCc1cccc(F)c1)Nc1nc(C(c2c[nH]c(=O)cn2)S(=O)O)cs1. The Labute approximate surface area is 164 Å². The van der Waals surface area contributed by atoms with E-state index < -0.39 is 33.7 Å². The lowest BCUT2D eigenvalue weighted by Crippen LogP contribution is -2.28. The second-order valence-electron chi connectivity index (χ2n) is 5.51. The highest BCUT2D eigenvalue weighted by atomic mass is 32.2. The standard InChI is InChI=1S/C16H14FN5O4S2/c17-10-3-1-2-9(4-10)5-20-15(24)22-16-21-12(8-27-16)14(28(25)26)11-6-19-13(23)7-18-11/h1-4,6-8,14H,5H2,(H,19,23)(H,25,26)(H2,20,21,22,24). The zero-order valence-corrected chi connectivity index (χ0v) is 15.7. The van der Waals surface area contributed by atoms with Gasteiger partial charge in [-0.25, -0.2) is 18.4 Å². The van der Waals surface area contributed by atoms with E-state index in [1.165, 1.54) is 29.8 Å². The van der Waals surface area contributed by atoms with Crippen molar-refractivity contribution in [3.8, 4) is 0 Å². The Kier molecular flexibility index (Phi) is 6.23. The van der Waals surface area contributed by atoms with Crippen LogP contribution in [0, 0.1) is 5.82 Å². The lowest BCUT2D eigenvalue weighted by molar-refractivity contribution is 0.251. The number of carbonyl (C=O) groups excluding carboxylic acids is 1. The Balaban J connectivity index is 1.66. The van der Waals surface area contributed by atoms with Crippen molar-refractivity contribution in [3.05, 3.63) is 75.2 Å². The van der Waals surface area contributed by atoms with Crippen molar-refractivity contribution in [2.45, 2.75) is 11.8 Å². The molecule has 2 atom stereocenters. The van der Waals surface area contributed by atoms with Crippen molar-refractivity contribution < 1.29 is 17.9 Å². The van der Waals surface area contributed by atoms with Gasteiger partial charge in [0.15, 0.2) is 16.2 Å². The summed E-state index contributed by atoms with van der Waals surface area (Å²) in [7, 11) is 0. The molecule has 28 heavy (non-hydrogen) atoms. The van der Waals surface area contributed by atoms with E-state index in [4.69, 9.17) is 0 Å². The van der Waals surface area contributed by atoms with Crippen LogP contribution in [-0.4, -0.2) is 29.7 Å². The maximum Gasteiger partial charge on any atom is 0.321 e. The van der Waals surface area contributed by atoms with Gasteiger partial charge in [0.25, 0.3) is 5.56 Å². The summed E-state index contributed by atoms with van der Waals surface area (Å²) in [4.78, 5) is 33.5. The molecule has 0 spiro atoms. The molecule has 0 saturated carbocycles. The van der Waals surface area contributed by atoms with E-state index in [1.54, 1.807) is 6.07 Å². The number of benzene rings is 1. The third-order valence-electron chi connectivity index (χ3n) is 3.52. The van der Waals surface area contributed by atoms with Gasteiger partial charge in [0.1, 0.15) is 11.1 Å². The van der Waals surface area contributed by atoms with Crippen LogP contribution in [0.1, 0.15) is 22.2 Å². The minimum atomic E-state index is -2.35. The number of anilines is 1. The molecule has 2 heterocycles. The minimum absolute atomic E-state index is 0.117. The molecular weight excluding hydrogens is 409 g/mol. The Bertz CT molecular complexity index is 1050. The number of thiazole rings is 1. The molecule has 1 aromatic carbocycles. The number of urea groups is 1. The molecule has 2 unspecified atom stereocenters. The number of rotatable bonds is 6. The summed E-state index contributed by atoms with van der Waals surface area (Å²) < 4.78 is 34.4. The van der Waals surface area contributed by atoms with E-state index in [2.05, 4.69) is 25.6 Å². The van der Waals surface area contributed by atoms with Crippen molar-refractivity contribution in [2.24, 2.45) is 0 Å². The van der Waals surface area contributed by atoms with Gasteiger partial charge in [0.2, 0.25) is 0 Å². The highest BCUT2D eigenvalue weighted by molar-refractivity contribution is 7.79. The molecular formula is C16H14FN5O4S2.